The van der Waals surface area contributed by atoms with E-state index in [1.54, 1.807) is 6.21 Å². The van der Waals surface area contributed by atoms with Crippen LogP contribution in [0.25, 0.3) is 5.82 Å². The molecule has 1 aromatic carbocycles. The van der Waals surface area contributed by atoms with Crippen molar-refractivity contribution in [3.8, 4) is 5.82 Å². The molecule has 0 bridgehead atoms. The first kappa shape index (κ1) is 20.1. The molecule has 29 heavy (non-hydrogen) atoms. The van der Waals surface area contributed by atoms with Crippen molar-refractivity contribution in [3.05, 3.63) is 45.8 Å². The third-order valence-corrected chi connectivity index (χ3v) is 4.29. The molecule has 0 unspecified atom stereocenters. The number of quaternary nitrogens is 1. The van der Waals surface area contributed by atoms with Crippen LogP contribution in [0, 0.1) is 20.8 Å². The Kier molecular flexibility index (Phi) is 5.69. The molecule has 0 spiro atoms. The van der Waals surface area contributed by atoms with Crippen LogP contribution in [0.2, 0.25) is 0 Å². The summed E-state index contributed by atoms with van der Waals surface area (Å²) in [5.74, 6) is -0.247. The largest absolute Gasteiger partial charge is 0.378 e. The fourth-order valence-corrected chi connectivity index (χ4v) is 3.08. The van der Waals surface area contributed by atoms with E-state index in [2.05, 4.69) is 47.9 Å². The second kappa shape index (κ2) is 8.19. The first-order valence-electron chi connectivity index (χ1n) is 9.01. The van der Waals surface area contributed by atoms with Crippen LogP contribution in [0.1, 0.15) is 38.4 Å². The average molecular weight is 398 g/mol. The number of hydrazone groups is 1. The van der Waals surface area contributed by atoms with Crippen molar-refractivity contribution in [2.24, 2.45) is 5.10 Å². The number of hydrogen-bond acceptors (Lipinski definition) is 8. The topological polar surface area (TPSA) is 142 Å². The summed E-state index contributed by atoms with van der Waals surface area (Å²) < 4.78 is 5.98. The Morgan fingerprint density at radius 2 is 1.97 bits per heavy atom. The standard InChI is InChI=1S/C18H23N9O2/c1-10-6-11(2)13(12(3)7-10)8-20-22-18(28)15-14(9-26(4)5)27(25-21-15)17-16(19)23-29-24-17/h6-8H,9H2,1-5H3,(H2,19,23)(H,22,28)/p+1/b20-8-. The molecule has 11 heteroatoms. The van der Waals surface area contributed by atoms with Gasteiger partial charge in [-0.1, -0.05) is 22.9 Å². The van der Waals surface area contributed by atoms with E-state index in [1.807, 2.05) is 34.9 Å². The highest BCUT2D eigenvalue weighted by Crippen LogP contribution is 2.16. The van der Waals surface area contributed by atoms with Gasteiger partial charge < -0.3 is 10.6 Å². The zero-order chi connectivity index (χ0) is 21.1. The minimum absolute atomic E-state index is 0.0557. The lowest BCUT2D eigenvalue weighted by atomic mass is 10.0. The summed E-state index contributed by atoms with van der Waals surface area (Å²) in [5.41, 5.74) is 13.2. The second-order valence-electron chi connectivity index (χ2n) is 7.17. The maximum Gasteiger partial charge on any atom is 0.294 e. The molecular formula is C18H24N9O2+. The van der Waals surface area contributed by atoms with Crippen molar-refractivity contribution in [1.29, 1.82) is 0 Å². The molecule has 2 heterocycles. The Morgan fingerprint density at radius 3 is 2.55 bits per heavy atom. The van der Waals surface area contributed by atoms with Crippen LogP contribution in [0.3, 0.4) is 0 Å². The van der Waals surface area contributed by atoms with E-state index in [9.17, 15) is 4.79 Å². The molecule has 0 fully saturated rings. The van der Waals surface area contributed by atoms with Gasteiger partial charge in [-0.15, -0.1) is 5.10 Å². The number of nitrogens with one attached hydrogen (secondary N) is 2. The number of nitrogens with zero attached hydrogens (tertiary/aromatic N) is 6. The van der Waals surface area contributed by atoms with Crippen molar-refractivity contribution in [2.45, 2.75) is 27.3 Å². The fraction of sp³-hybridized carbons (Fsp3) is 0.333. The highest BCUT2D eigenvalue weighted by Gasteiger charge is 2.25. The Bertz CT molecular complexity index is 1040. The molecular weight excluding hydrogens is 374 g/mol. The number of amides is 1. The maximum atomic E-state index is 12.7. The lowest BCUT2D eigenvalue weighted by Gasteiger charge is -2.09. The van der Waals surface area contributed by atoms with Gasteiger partial charge in [0.25, 0.3) is 5.91 Å². The molecule has 0 aliphatic heterocycles. The van der Waals surface area contributed by atoms with Crippen LogP contribution in [-0.4, -0.2) is 51.5 Å². The van der Waals surface area contributed by atoms with Gasteiger partial charge in [-0.3, -0.25) is 4.79 Å². The third-order valence-electron chi connectivity index (χ3n) is 4.29. The van der Waals surface area contributed by atoms with Crippen LogP contribution >= 0.6 is 0 Å². The first-order chi connectivity index (χ1) is 13.8. The zero-order valence-corrected chi connectivity index (χ0v) is 17.0. The van der Waals surface area contributed by atoms with E-state index in [1.165, 1.54) is 10.2 Å². The molecule has 3 aromatic rings. The van der Waals surface area contributed by atoms with Crippen LogP contribution in [-0.2, 0) is 6.54 Å². The molecule has 0 atom stereocenters. The predicted molar refractivity (Wildman–Crippen MR) is 106 cm³/mol. The summed E-state index contributed by atoms with van der Waals surface area (Å²) in [7, 11) is 3.87. The van der Waals surface area contributed by atoms with Crippen LogP contribution < -0.4 is 16.1 Å². The number of hydrogen-bond donors (Lipinski definition) is 3. The van der Waals surface area contributed by atoms with E-state index in [0.29, 0.717) is 12.2 Å². The van der Waals surface area contributed by atoms with Crippen molar-refractivity contribution in [1.82, 2.24) is 30.7 Å². The Labute approximate surface area is 167 Å². The number of rotatable bonds is 6. The van der Waals surface area contributed by atoms with Crippen LogP contribution in [0.15, 0.2) is 21.9 Å². The summed E-state index contributed by atoms with van der Waals surface area (Å²) in [6.45, 7) is 6.49. The van der Waals surface area contributed by atoms with Gasteiger partial charge in [0.2, 0.25) is 11.6 Å². The molecule has 0 saturated carbocycles. The lowest BCUT2D eigenvalue weighted by Crippen LogP contribution is -3.04. The molecule has 3 rings (SSSR count). The minimum Gasteiger partial charge on any atom is -0.378 e. The normalized spacial score (nSPS) is 11.5. The first-order valence-corrected chi connectivity index (χ1v) is 9.01. The summed E-state index contributed by atoms with van der Waals surface area (Å²) in [5, 5.41) is 19.4. The zero-order valence-electron chi connectivity index (χ0n) is 17.0. The molecule has 0 saturated heterocycles. The highest BCUT2D eigenvalue weighted by molar-refractivity contribution is 5.94. The second-order valence-corrected chi connectivity index (χ2v) is 7.17. The van der Waals surface area contributed by atoms with Crippen molar-refractivity contribution in [3.63, 3.8) is 0 Å². The molecule has 1 amide bonds. The summed E-state index contributed by atoms with van der Waals surface area (Å²) >= 11 is 0. The number of nitrogens with two attached hydrogens (primary N) is 1. The minimum atomic E-state index is -0.485. The predicted octanol–water partition coefficient (Wildman–Crippen LogP) is -0.434. The molecule has 152 valence electrons. The van der Waals surface area contributed by atoms with Gasteiger partial charge in [0, 0.05) is 5.56 Å². The molecule has 4 N–H and O–H groups in total. The van der Waals surface area contributed by atoms with Gasteiger partial charge in [-0.05, 0) is 42.2 Å². The SMILES string of the molecule is Cc1cc(C)c(/C=N\NC(=O)c2nnn(-c3nonc3N)c2C[NH+](C)C)c(C)c1. The average Bonchev–Trinajstić information content (AvgIpc) is 3.22. The van der Waals surface area contributed by atoms with E-state index in [4.69, 9.17) is 5.73 Å². The molecule has 0 radical (unpaired) electrons. The van der Waals surface area contributed by atoms with Gasteiger partial charge in [0.1, 0.15) is 12.2 Å². The van der Waals surface area contributed by atoms with E-state index >= 15 is 0 Å². The number of anilines is 1. The van der Waals surface area contributed by atoms with Crippen LogP contribution in [0.4, 0.5) is 5.82 Å². The summed E-state index contributed by atoms with van der Waals surface area (Å²) in [4.78, 5) is 13.7. The monoisotopic (exact) mass is 398 g/mol. The molecule has 0 aliphatic carbocycles. The molecule has 11 nitrogen and oxygen atoms in total. The fourth-order valence-electron chi connectivity index (χ4n) is 3.08. The number of aromatic nitrogens is 5. The van der Waals surface area contributed by atoms with E-state index in [-0.39, 0.29) is 17.3 Å². The summed E-state index contributed by atoms with van der Waals surface area (Å²) in [6.07, 6.45) is 1.63. The number of aryl methyl sites for hydroxylation is 3. The molecule has 2 aromatic heterocycles. The van der Waals surface area contributed by atoms with E-state index < -0.39 is 5.91 Å². The quantitative estimate of drug-likeness (QED) is 0.378. The smallest absolute Gasteiger partial charge is 0.294 e. The highest BCUT2D eigenvalue weighted by atomic mass is 16.6. The van der Waals surface area contributed by atoms with Crippen molar-refractivity contribution in [2.75, 3.05) is 19.8 Å². The lowest BCUT2D eigenvalue weighted by molar-refractivity contribution is -0.873. The Morgan fingerprint density at radius 1 is 1.28 bits per heavy atom. The Hall–Kier alpha value is -3.60. The van der Waals surface area contributed by atoms with Gasteiger partial charge >= 0.3 is 0 Å². The number of carbonyl (C=O) groups excluding carboxylic acids is 1. The van der Waals surface area contributed by atoms with Gasteiger partial charge in [-0.25, -0.2) is 10.1 Å². The number of carbonyl (C=O) groups is 1. The summed E-state index contributed by atoms with van der Waals surface area (Å²) in [6, 6.07) is 4.13. The van der Waals surface area contributed by atoms with Gasteiger partial charge in [0.05, 0.1) is 20.3 Å². The maximum absolute atomic E-state index is 12.7. The number of nitrogen functional groups attached to an aromatic ring is 1. The third kappa shape index (κ3) is 4.29. The van der Waals surface area contributed by atoms with E-state index in [0.717, 1.165) is 21.6 Å². The van der Waals surface area contributed by atoms with Crippen molar-refractivity contribution >= 4 is 17.9 Å². The molecule has 0 aliphatic rings. The van der Waals surface area contributed by atoms with Gasteiger partial charge in [-0.2, -0.15) is 9.78 Å². The number of benzene rings is 1. The Balaban J connectivity index is 1.86. The van der Waals surface area contributed by atoms with Gasteiger partial charge in [0.15, 0.2) is 5.69 Å². The van der Waals surface area contributed by atoms with Crippen molar-refractivity contribution < 1.29 is 14.3 Å². The van der Waals surface area contributed by atoms with Crippen LogP contribution in [0.5, 0.6) is 0 Å².